The highest BCUT2D eigenvalue weighted by Gasteiger charge is 2.30. The fourth-order valence-electron chi connectivity index (χ4n) is 3.45. The van der Waals surface area contributed by atoms with E-state index in [-0.39, 0.29) is 0 Å². The predicted molar refractivity (Wildman–Crippen MR) is 114 cm³/mol. The van der Waals surface area contributed by atoms with Crippen molar-refractivity contribution in [3.8, 4) is 0 Å². The summed E-state index contributed by atoms with van der Waals surface area (Å²) >= 11 is 0. The monoisotopic (exact) mass is 385 g/mol. The lowest BCUT2D eigenvalue weighted by Gasteiger charge is -2.28. The maximum atomic E-state index is 11.7. The number of aliphatic hydroxyl groups is 1. The molecule has 0 aliphatic heterocycles. The summed E-state index contributed by atoms with van der Waals surface area (Å²) in [5, 5.41) is 20.2. The van der Waals surface area contributed by atoms with Crippen molar-refractivity contribution in [2.24, 2.45) is 0 Å². The van der Waals surface area contributed by atoms with Crippen molar-refractivity contribution < 1.29 is 9.84 Å². The number of hydrogen-bond donors (Lipinski definition) is 1. The van der Waals surface area contributed by atoms with Crippen molar-refractivity contribution in [2.45, 2.75) is 18.9 Å². The van der Waals surface area contributed by atoms with E-state index in [4.69, 9.17) is 4.74 Å². The molecule has 1 aromatic heterocycles. The third-order valence-corrected chi connectivity index (χ3v) is 4.93. The molecule has 0 amide bonds. The average molecular weight is 385 g/mol. The van der Waals surface area contributed by atoms with E-state index >= 15 is 0 Å². The van der Waals surface area contributed by atoms with Crippen molar-refractivity contribution in [2.75, 3.05) is 6.61 Å². The molecule has 29 heavy (non-hydrogen) atoms. The van der Waals surface area contributed by atoms with Crippen molar-refractivity contribution in [1.29, 1.82) is 0 Å². The molecule has 5 heteroatoms. The van der Waals surface area contributed by atoms with Crippen LogP contribution >= 0.6 is 0 Å². The van der Waals surface area contributed by atoms with Gasteiger partial charge >= 0.3 is 0 Å². The fraction of sp³-hybridized carbons (Fsp3) is 0.167. The first kappa shape index (κ1) is 18.9. The van der Waals surface area contributed by atoms with Crippen LogP contribution in [0.5, 0.6) is 0 Å². The second-order valence-corrected chi connectivity index (χ2v) is 6.76. The summed E-state index contributed by atoms with van der Waals surface area (Å²) in [5.41, 5.74) is 2.10. The van der Waals surface area contributed by atoms with Gasteiger partial charge in [0, 0.05) is 6.42 Å². The van der Waals surface area contributed by atoms with E-state index in [0.29, 0.717) is 18.9 Å². The molecule has 0 saturated heterocycles. The van der Waals surface area contributed by atoms with Gasteiger partial charge in [0.15, 0.2) is 0 Å². The number of nitrogens with zero attached hydrogens (tertiary/aromatic N) is 3. The number of fused-ring (bicyclic) bond motifs is 1. The minimum absolute atomic E-state index is 0.324. The van der Waals surface area contributed by atoms with Gasteiger partial charge in [-0.05, 0) is 36.3 Å². The van der Waals surface area contributed by atoms with E-state index in [1.807, 2.05) is 97.9 Å². The highest BCUT2D eigenvalue weighted by Crippen LogP contribution is 2.34. The van der Waals surface area contributed by atoms with Gasteiger partial charge in [0.1, 0.15) is 11.1 Å². The van der Waals surface area contributed by atoms with E-state index in [1.165, 1.54) is 0 Å². The molecule has 5 nitrogen and oxygen atoms in total. The Hall–Kier alpha value is -3.44. The summed E-state index contributed by atoms with van der Waals surface area (Å²) in [6.07, 6.45) is 2.20. The van der Waals surface area contributed by atoms with Crippen molar-refractivity contribution in [3.05, 3.63) is 102 Å². The van der Waals surface area contributed by atoms with Crippen LogP contribution in [0.2, 0.25) is 0 Å². The Balaban J connectivity index is 1.77. The summed E-state index contributed by atoms with van der Waals surface area (Å²) in [6.45, 7) is 2.41. The lowest BCUT2D eigenvalue weighted by Crippen LogP contribution is -2.27. The SMILES string of the molecule is CCO/C(=C/CC(O)(c1ccccc1)c1ccccc1)n1nnc2ccccc21. The average Bonchev–Trinajstić information content (AvgIpc) is 3.22. The van der Waals surface area contributed by atoms with Gasteiger partial charge in [-0.2, -0.15) is 4.68 Å². The molecule has 1 N–H and O–H groups in total. The normalized spacial score (nSPS) is 12.3. The van der Waals surface area contributed by atoms with Gasteiger partial charge in [-0.1, -0.05) is 78.0 Å². The summed E-state index contributed by atoms with van der Waals surface area (Å²) in [7, 11) is 0. The van der Waals surface area contributed by atoms with E-state index in [1.54, 1.807) is 4.68 Å². The fourth-order valence-corrected chi connectivity index (χ4v) is 3.45. The van der Waals surface area contributed by atoms with Crippen molar-refractivity contribution in [1.82, 2.24) is 15.0 Å². The first-order valence-electron chi connectivity index (χ1n) is 9.69. The molecule has 0 aliphatic carbocycles. The van der Waals surface area contributed by atoms with Crippen LogP contribution in [0.15, 0.2) is 91.0 Å². The number of rotatable bonds is 7. The third kappa shape index (κ3) is 3.77. The predicted octanol–water partition coefficient (Wildman–Crippen LogP) is 4.59. The molecular weight excluding hydrogens is 362 g/mol. The summed E-state index contributed by atoms with van der Waals surface area (Å²) < 4.78 is 7.55. The van der Waals surface area contributed by atoms with E-state index in [9.17, 15) is 5.11 Å². The van der Waals surface area contributed by atoms with Crippen LogP contribution in [-0.4, -0.2) is 26.7 Å². The second kappa shape index (κ2) is 8.29. The first-order valence-corrected chi connectivity index (χ1v) is 9.69. The van der Waals surface area contributed by atoms with Crippen LogP contribution in [0.3, 0.4) is 0 Å². The molecule has 0 radical (unpaired) electrons. The molecular formula is C24H23N3O2. The van der Waals surface area contributed by atoms with Gasteiger partial charge < -0.3 is 9.84 Å². The molecule has 0 spiro atoms. The van der Waals surface area contributed by atoms with Gasteiger partial charge in [-0.15, -0.1) is 5.10 Å². The van der Waals surface area contributed by atoms with Gasteiger partial charge in [0.2, 0.25) is 5.88 Å². The second-order valence-electron chi connectivity index (χ2n) is 6.76. The van der Waals surface area contributed by atoms with Crippen LogP contribution in [0, 0.1) is 0 Å². The highest BCUT2D eigenvalue weighted by atomic mass is 16.5. The lowest BCUT2D eigenvalue weighted by molar-refractivity contribution is 0.0833. The number of ether oxygens (including phenoxy) is 1. The van der Waals surface area contributed by atoms with Crippen molar-refractivity contribution in [3.63, 3.8) is 0 Å². The quantitative estimate of drug-likeness (QED) is 0.473. The Kier molecular flexibility index (Phi) is 5.40. The highest BCUT2D eigenvalue weighted by molar-refractivity contribution is 5.76. The zero-order valence-electron chi connectivity index (χ0n) is 16.3. The Bertz CT molecular complexity index is 1070. The van der Waals surface area contributed by atoms with Crippen LogP contribution in [-0.2, 0) is 10.3 Å². The molecule has 0 bridgehead atoms. The summed E-state index contributed by atoms with van der Waals surface area (Å²) in [4.78, 5) is 0. The molecule has 146 valence electrons. The Morgan fingerprint density at radius 2 is 1.52 bits per heavy atom. The van der Waals surface area contributed by atoms with E-state index in [2.05, 4.69) is 10.3 Å². The maximum absolute atomic E-state index is 11.7. The Morgan fingerprint density at radius 1 is 0.931 bits per heavy atom. The molecule has 0 fully saturated rings. The topological polar surface area (TPSA) is 60.2 Å². The number of hydrogen-bond acceptors (Lipinski definition) is 4. The zero-order chi connectivity index (χ0) is 20.1. The van der Waals surface area contributed by atoms with Crippen LogP contribution in [0.4, 0.5) is 0 Å². The Morgan fingerprint density at radius 3 is 2.14 bits per heavy atom. The maximum Gasteiger partial charge on any atom is 0.212 e. The van der Waals surface area contributed by atoms with Crippen LogP contribution in [0.25, 0.3) is 16.9 Å². The van der Waals surface area contributed by atoms with E-state index < -0.39 is 5.60 Å². The number of para-hydroxylation sites is 1. The number of benzene rings is 3. The molecule has 0 atom stereocenters. The minimum atomic E-state index is -1.19. The van der Waals surface area contributed by atoms with Gasteiger partial charge in [0.25, 0.3) is 0 Å². The molecule has 3 aromatic carbocycles. The molecule has 0 aliphatic rings. The van der Waals surface area contributed by atoms with Gasteiger partial charge in [0.05, 0.1) is 12.1 Å². The van der Waals surface area contributed by atoms with Crippen molar-refractivity contribution >= 4 is 16.9 Å². The third-order valence-electron chi connectivity index (χ3n) is 4.93. The molecule has 4 rings (SSSR count). The molecule has 0 saturated carbocycles. The first-order chi connectivity index (χ1) is 14.2. The minimum Gasteiger partial charge on any atom is -0.478 e. The standard InChI is InChI=1S/C24H23N3O2/c1-2-29-23(27-22-16-10-9-15-21(22)25-26-27)17-18-24(28,19-11-5-3-6-12-19)20-13-7-4-8-14-20/h3-17,28H,2,18H2,1H3/b23-17+. The summed E-state index contributed by atoms with van der Waals surface area (Å²) in [6, 6.07) is 27.1. The molecule has 0 unspecified atom stereocenters. The van der Waals surface area contributed by atoms with Crippen LogP contribution in [0.1, 0.15) is 24.5 Å². The summed E-state index contributed by atoms with van der Waals surface area (Å²) in [5.74, 6) is 0.548. The van der Waals surface area contributed by atoms with Gasteiger partial charge in [-0.25, -0.2) is 0 Å². The van der Waals surface area contributed by atoms with Gasteiger partial charge in [-0.3, -0.25) is 0 Å². The zero-order valence-corrected chi connectivity index (χ0v) is 16.3. The van der Waals surface area contributed by atoms with E-state index in [0.717, 1.165) is 22.2 Å². The Labute approximate surface area is 169 Å². The molecule has 1 heterocycles. The molecule has 4 aromatic rings. The lowest BCUT2D eigenvalue weighted by atomic mass is 9.83. The van der Waals surface area contributed by atoms with Crippen LogP contribution < -0.4 is 0 Å². The smallest absolute Gasteiger partial charge is 0.212 e. The largest absolute Gasteiger partial charge is 0.478 e. The number of aromatic nitrogens is 3.